The minimum atomic E-state index is -0.524. The van der Waals surface area contributed by atoms with E-state index in [2.05, 4.69) is 21.9 Å². The lowest BCUT2D eigenvalue weighted by Crippen LogP contribution is -2.49. The molecule has 0 radical (unpaired) electrons. The summed E-state index contributed by atoms with van der Waals surface area (Å²) in [6.07, 6.45) is -0.524. The molecule has 0 bridgehead atoms. The number of hydrogen-bond acceptors (Lipinski definition) is 6. The van der Waals surface area contributed by atoms with Crippen LogP contribution in [-0.4, -0.2) is 62.6 Å². The molecule has 0 aromatic heterocycles. The predicted molar refractivity (Wildman–Crippen MR) is 104 cm³/mol. The van der Waals surface area contributed by atoms with Crippen LogP contribution in [0.5, 0.6) is 11.5 Å². The third-order valence-electron chi connectivity index (χ3n) is 4.58. The van der Waals surface area contributed by atoms with Gasteiger partial charge in [-0.2, -0.15) is 0 Å². The van der Waals surface area contributed by atoms with Crippen molar-refractivity contribution in [2.45, 2.75) is 6.10 Å². The molecular weight excluding hydrogens is 330 g/mol. The highest BCUT2D eigenvalue weighted by Crippen LogP contribution is 2.20. The molecule has 1 aliphatic rings. The summed E-state index contributed by atoms with van der Waals surface area (Å²) >= 11 is 0. The lowest BCUT2D eigenvalue weighted by atomic mass is 10.2. The van der Waals surface area contributed by atoms with E-state index >= 15 is 0 Å². The fourth-order valence-electron chi connectivity index (χ4n) is 3.13. The van der Waals surface area contributed by atoms with E-state index in [4.69, 9.17) is 15.2 Å². The lowest BCUT2D eigenvalue weighted by molar-refractivity contribution is 0.0663. The second kappa shape index (κ2) is 8.78. The summed E-state index contributed by atoms with van der Waals surface area (Å²) in [5.74, 6) is 1.56. The van der Waals surface area contributed by atoms with Crippen molar-refractivity contribution in [1.29, 1.82) is 0 Å². The molecule has 1 atom stereocenters. The van der Waals surface area contributed by atoms with Crippen molar-refractivity contribution in [2.75, 3.05) is 57.1 Å². The van der Waals surface area contributed by atoms with Gasteiger partial charge in [0.2, 0.25) is 0 Å². The van der Waals surface area contributed by atoms with Crippen LogP contribution in [0.4, 0.5) is 11.4 Å². The Balaban J connectivity index is 1.41. The topological polar surface area (TPSA) is 71.2 Å². The number of rotatable bonds is 7. The maximum Gasteiger partial charge on any atom is 0.121 e. The van der Waals surface area contributed by atoms with Crippen LogP contribution in [0.15, 0.2) is 48.5 Å². The Labute approximate surface area is 154 Å². The molecule has 0 saturated carbocycles. The van der Waals surface area contributed by atoms with Crippen molar-refractivity contribution >= 4 is 11.4 Å². The number of nitrogens with two attached hydrogens (primary N) is 1. The van der Waals surface area contributed by atoms with E-state index in [9.17, 15) is 5.11 Å². The van der Waals surface area contributed by atoms with Gasteiger partial charge in [0.05, 0.1) is 7.11 Å². The normalized spacial score (nSPS) is 16.3. The van der Waals surface area contributed by atoms with Crippen LogP contribution in [0, 0.1) is 0 Å². The summed E-state index contributed by atoms with van der Waals surface area (Å²) in [6.45, 7) is 4.59. The zero-order valence-electron chi connectivity index (χ0n) is 15.2. The van der Waals surface area contributed by atoms with E-state index < -0.39 is 6.10 Å². The molecule has 1 heterocycles. The average molecular weight is 357 g/mol. The predicted octanol–water partition coefficient (Wildman–Crippen LogP) is 1.84. The first-order valence-electron chi connectivity index (χ1n) is 8.92. The number of aliphatic hydroxyl groups excluding tert-OH is 1. The molecule has 140 valence electrons. The molecule has 0 spiro atoms. The van der Waals surface area contributed by atoms with Crippen LogP contribution >= 0.6 is 0 Å². The number of benzene rings is 2. The third-order valence-corrected chi connectivity index (χ3v) is 4.58. The number of β-amino-alcohol motifs (C(OH)–C–C–N with tert-alkyl or cyclic N) is 1. The summed E-state index contributed by atoms with van der Waals surface area (Å²) in [7, 11) is 1.68. The number of nitrogen functional groups attached to an aromatic ring is 1. The molecule has 0 amide bonds. The summed E-state index contributed by atoms with van der Waals surface area (Å²) in [5, 5.41) is 10.2. The van der Waals surface area contributed by atoms with Crippen LogP contribution in [-0.2, 0) is 0 Å². The summed E-state index contributed by atoms with van der Waals surface area (Å²) in [5.41, 5.74) is 7.59. The largest absolute Gasteiger partial charge is 0.497 e. The number of aliphatic hydroxyl groups is 1. The standard InChI is InChI=1S/C20H27N3O3/c1-25-19-7-5-17(6-8-19)23-11-9-22(10-12-23)14-18(24)15-26-20-4-2-3-16(21)13-20/h2-8,13,18,24H,9-12,14-15,21H2,1H3. The lowest BCUT2D eigenvalue weighted by Gasteiger charge is -2.36. The maximum atomic E-state index is 10.2. The van der Waals surface area contributed by atoms with E-state index in [-0.39, 0.29) is 6.61 Å². The summed E-state index contributed by atoms with van der Waals surface area (Å²) in [6, 6.07) is 15.4. The highest BCUT2D eigenvalue weighted by Gasteiger charge is 2.19. The molecule has 0 aliphatic carbocycles. The zero-order valence-corrected chi connectivity index (χ0v) is 15.2. The third kappa shape index (κ3) is 5.03. The van der Waals surface area contributed by atoms with E-state index in [1.54, 1.807) is 13.2 Å². The number of anilines is 2. The second-order valence-electron chi connectivity index (χ2n) is 6.52. The molecule has 6 heteroatoms. The van der Waals surface area contributed by atoms with Gasteiger partial charge in [-0.15, -0.1) is 0 Å². The molecule has 3 rings (SSSR count). The van der Waals surface area contributed by atoms with E-state index in [1.807, 2.05) is 30.3 Å². The van der Waals surface area contributed by atoms with Crippen molar-refractivity contribution in [3.05, 3.63) is 48.5 Å². The number of ether oxygens (including phenoxy) is 2. The van der Waals surface area contributed by atoms with Crippen molar-refractivity contribution < 1.29 is 14.6 Å². The van der Waals surface area contributed by atoms with Gasteiger partial charge in [-0.1, -0.05) is 6.07 Å². The zero-order chi connectivity index (χ0) is 18.4. The van der Waals surface area contributed by atoms with Crippen molar-refractivity contribution in [1.82, 2.24) is 4.90 Å². The van der Waals surface area contributed by atoms with Gasteiger partial charge >= 0.3 is 0 Å². The van der Waals surface area contributed by atoms with E-state index in [1.165, 1.54) is 5.69 Å². The van der Waals surface area contributed by atoms with Crippen LogP contribution in [0.3, 0.4) is 0 Å². The number of nitrogens with zero attached hydrogens (tertiary/aromatic N) is 2. The molecule has 26 heavy (non-hydrogen) atoms. The smallest absolute Gasteiger partial charge is 0.121 e. The maximum absolute atomic E-state index is 10.2. The Kier molecular flexibility index (Phi) is 6.20. The quantitative estimate of drug-likeness (QED) is 0.737. The second-order valence-corrected chi connectivity index (χ2v) is 6.52. The van der Waals surface area contributed by atoms with Gasteiger partial charge in [0.1, 0.15) is 24.2 Å². The Morgan fingerprint density at radius 1 is 1.04 bits per heavy atom. The first kappa shape index (κ1) is 18.4. The number of piperazine rings is 1. The number of hydrogen-bond donors (Lipinski definition) is 2. The van der Waals surface area contributed by atoms with Crippen LogP contribution < -0.4 is 20.1 Å². The fourth-order valence-corrected chi connectivity index (χ4v) is 3.13. The Morgan fingerprint density at radius 2 is 1.77 bits per heavy atom. The molecule has 1 fully saturated rings. The average Bonchev–Trinajstić information content (AvgIpc) is 2.67. The van der Waals surface area contributed by atoms with Crippen LogP contribution in [0.1, 0.15) is 0 Å². The molecule has 1 saturated heterocycles. The van der Waals surface area contributed by atoms with Gasteiger partial charge in [-0.05, 0) is 36.4 Å². The number of methoxy groups -OCH3 is 1. The highest BCUT2D eigenvalue weighted by atomic mass is 16.5. The van der Waals surface area contributed by atoms with Crippen LogP contribution in [0.25, 0.3) is 0 Å². The molecule has 2 aromatic carbocycles. The molecule has 1 aliphatic heterocycles. The van der Waals surface area contributed by atoms with Crippen LogP contribution in [0.2, 0.25) is 0 Å². The Morgan fingerprint density at radius 3 is 2.42 bits per heavy atom. The summed E-state index contributed by atoms with van der Waals surface area (Å²) < 4.78 is 10.8. The van der Waals surface area contributed by atoms with E-state index in [0.29, 0.717) is 18.0 Å². The molecule has 6 nitrogen and oxygen atoms in total. The SMILES string of the molecule is COc1ccc(N2CCN(CC(O)COc3cccc(N)c3)CC2)cc1. The molecule has 3 N–H and O–H groups in total. The fraction of sp³-hybridized carbons (Fsp3) is 0.400. The molecule has 1 unspecified atom stereocenters. The van der Waals surface area contributed by atoms with Crippen molar-refractivity contribution in [3.63, 3.8) is 0 Å². The van der Waals surface area contributed by atoms with Gasteiger partial charge in [-0.3, -0.25) is 4.90 Å². The van der Waals surface area contributed by atoms with Gasteiger partial charge in [-0.25, -0.2) is 0 Å². The van der Waals surface area contributed by atoms with Crippen molar-refractivity contribution in [2.24, 2.45) is 0 Å². The van der Waals surface area contributed by atoms with Gasteiger partial charge in [0.15, 0.2) is 0 Å². The first-order valence-corrected chi connectivity index (χ1v) is 8.92. The monoisotopic (exact) mass is 357 g/mol. The first-order chi connectivity index (χ1) is 12.6. The highest BCUT2D eigenvalue weighted by molar-refractivity contribution is 5.49. The minimum Gasteiger partial charge on any atom is -0.497 e. The van der Waals surface area contributed by atoms with Gasteiger partial charge in [0, 0.05) is 50.2 Å². The molecular formula is C20H27N3O3. The van der Waals surface area contributed by atoms with Gasteiger partial charge in [0.25, 0.3) is 0 Å². The minimum absolute atomic E-state index is 0.266. The molecule has 2 aromatic rings. The Bertz CT molecular complexity index is 685. The van der Waals surface area contributed by atoms with Gasteiger partial charge < -0.3 is 25.2 Å². The summed E-state index contributed by atoms with van der Waals surface area (Å²) in [4.78, 5) is 4.62. The van der Waals surface area contributed by atoms with E-state index in [0.717, 1.165) is 31.9 Å². The Hall–Kier alpha value is -2.44. The van der Waals surface area contributed by atoms with Crippen molar-refractivity contribution in [3.8, 4) is 11.5 Å².